The smallest absolute Gasteiger partial charge is 0.227 e. The summed E-state index contributed by atoms with van der Waals surface area (Å²) in [6.07, 6.45) is 0.512. The zero-order chi connectivity index (χ0) is 12.8. The van der Waals surface area contributed by atoms with Crippen molar-refractivity contribution in [3.8, 4) is 0 Å². The average Bonchev–Trinajstić information content (AvgIpc) is 2.41. The van der Waals surface area contributed by atoms with Crippen molar-refractivity contribution >= 4 is 5.91 Å². The van der Waals surface area contributed by atoms with E-state index in [1.165, 1.54) is 0 Å². The van der Waals surface area contributed by atoms with Crippen LogP contribution in [0, 0.1) is 0 Å². The molecule has 4 heteroatoms. The van der Waals surface area contributed by atoms with E-state index in [9.17, 15) is 4.79 Å². The molecular formula is C14H21N3O. The van der Waals surface area contributed by atoms with Crippen LogP contribution in [-0.4, -0.2) is 55.0 Å². The first-order valence-corrected chi connectivity index (χ1v) is 6.53. The normalized spacial score (nSPS) is 16.8. The van der Waals surface area contributed by atoms with Crippen LogP contribution in [0.15, 0.2) is 30.3 Å². The molecule has 18 heavy (non-hydrogen) atoms. The van der Waals surface area contributed by atoms with Crippen LogP contribution < -0.4 is 5.73 Å². The van der Waals surface area contributed by atoms with Gasteiger partial charge < -0.3 is 10.6 Å². The first-order chi connectivity index (χ1) is 8.79. The monoisotopic (exact) mass is 247 g/mol. The number of nitrogens with zero attached hydrogens (tertiary/aromatic N) is 2. The molecule has 1 heterocycles. The van der Waals surface area contributed by atoms with Crippen molar-refractivity contribution in [2.45, 2.75) is 6.42 Å². The van der Waals surface area contributed by atoms with Crippen molar-refractivity contribution in [3.63, 3.8) is 0 Å². The molecule has 1 aliphatic rings. The lowest BCUT2D eigenvalue weighted by molar-refractivity contribution is -0.132. The van der Waals surface area contributed by atoms with E-state index < -0.39 is 0 Å². The molecule has 2 rings (SSSR count). The summed E-state index contributed by atoms with van der Waals surface area (Å²) in [5.74, 6) is 0.230. The fourth-order valence-electron chi connectivity index (χ4n) is 2.29. The van der Waals surface area contributed by atoms with Crippen LogP contribution in [0.4, 0.5) is 0 Å². The van der Waals surface area contributed by atoms with Gasteiger partial charge in [-0.15, -0.1) is 0 Å². The third kappa shape index (κ3) is 3.55. The standard InChI is InChI=1S/C14H21N3O/c15-6-7-16-8-10-17(11-9-16)14(18)12-13-4-2-1-3-5-13/h1-5H,6-12,15H2. The molecular weight excluding hydrogens is 226 g/mol. The van der Waals surface area contributed by atoms with Crippen molar-refractivity contribution in [1.82, 2.24) is 9.80 Å². The van der Waals surface area contributed by atoms with E-state index in [-0.39, 0.29) is 5.91 Å². The van der Waals surface area contributed by atoms with Gasteiger partial charge in [0.05, 0.1) is 6.42 Å². The molecule has 0 aromatic heterocycles. The Morgan fingerprint density at radius 1 is 1.11 bits per heavy atom. The lowest BCUT2D eigenvalue weighted by Crippen LogP contribution is -2.50. The molecule has 1 amide bonds. The fourth-order valence-corrected chi connectivity index (χ4v) is 2.29. The van der Waals surface area contributed by atoms with Gasteiger partial charge in [0, 0.05) is 39.3 Å². The average molecular weight is 247 g/mol. The Kier molecular flexibility index (Phi) is 4.73. The van der Waals surface area contributed by atoms with Crippen molar-refractivity contribution in [1.29, 1.82) is 0 Å². The first kappa shape index (κ1) is 13.1. The number of benzene rings is 1. The van der Waals surface area contributed by atoms with Crippen LogP contribution in [0.2, 0.25) is 0 Å². The molecule has 1 fully saturated rings. The van der Waals surface area contributed by atoms with Crippen LogP contribution in [0.1, 0.15) is 5.56 Å². The van der Waals surface area contributed by atoms with Crippen molar-refractivity contribution in [2.24, 2.45) is 5.73 Å². The Morgan fingerprint density at radius 2 is 1.78 bits per heavy atom. The minimum Gasteiger partial charge on any atom is -0.340 e. The van der Waals surface area contributed by atoms with E-state index in [2.05, 4.69) is 4.90 Å². The molecule has 0 unspecified atom stereocenters. The summed E-state index contributed by atoms with van der Waals surface area (Å²) in [5, 5.41) is 0. The molecule has 98 valence electrons. The molecule has 0 saturated carbocycles. The molecule has 0 spiro atoms. The highest BCUT2D eigenvalue weighted by Crippen LogP contribution is 2.06. The number of rotatable bonds is 4. The van der Waals surface area contributed by atoms with E-state index in [4.69, 9.17) is 5.73 Å². The summed E-state index contributed by atoms with van der Waals surface area (Å²) in [6.45, 7) is 5.16. The SMILES string of the molecule is NCCN1CCN(C(=O)Cc2ccccc2)CC1. The first-order valence-electron chi connectivity index (χ1n) is 6.53. The van der Waals surface area contributed by atoms with Crippen molar-refractivity contribution < 1.29 is 4.79 Å². The summed E-state index contributed by atoms with van der Waals surface area (Å²) < 4.78 is 0. The molecule has 1 aromatic carbocycles. The predicted octanol–water partition coefficient (Wildman–Crippen LogP) is 0.332. The van der Waals surface area contributed by atoms with Crippen molar-refractivity contribution in [3.05, 3.63) is 35.9 Å². The summed E-state index contributed by atoms with van der Waals surface area (Å²) in [7, 11) is 0. The minimum absolute atomic E-state index is 0.230. The number of carbonyl (C=O) groups is 1. The van der Waals surface area contributed by atoms with Crippen LogP contribution in [0.25, 0.3) is 0 Å². The molecule has 1 aromatic rings. The molecule has 0 atom stereocenters. The summed E-state index contributed by atoms with van der Waals surface area (Å²) in [6, 6.07) is 9.92. The number of nitrogens with two attached hydrogens (primary N) is 1. The minimum atomic E-state index is 0.230. The lowest BCUT2D eigenvalue weighted by Gasteiger charge is -2.34. The van der Waals surface area contributed by atoms with E-state index >= 15 is 0 Å². The maximum absolute atomic E-state index is 12.1. The van der Waals surface area contributed by atoms with Gasteiger partial charge >= 0.3 is 0 Å². The highest BCUT2D eigenvalue weighted by atomic mass is 16.2. The highest BCUT2D eigenvalue weighted by molar-refractivity contribution is 5.78. The largest absolute Gasteiger partial charge is 0.340 e. The quantitative estimate of drug-likeness (QED) is 0.834. The van der Waals surface area contributed by atoms with Crippen LogP contribution in [0.5, 0.6) is 0 Å². The topological polar surface area (TPSA) is 49.6 Å². The predicted molar refractivity (Wildman–Crippen MR) is 72.2 cm³/mol. The summed E-state index contributed by atoms with van der Waals surface area (Å²) >= 11 is 0. The zero-order valence-corrected chi connectivity index (χ0v) is 10.7. The van der Waals surface area contributed by atoms with E-state index in [0.29, 0.717) is 13.0 Å². The number of carbonyl (C=O) groups excluding carboxylic acids is 1. The van der Waals surface area contributed by atoms with E-state index in [0.717, 1.165) is 38.3 Å². The molecule has 0 radical (unpaired) electrons. The van der Waals surface area contributed by atoms with Gasteiger partial charge in [-0.05, 0) is 5.56 Å². The molecule has 2 N–H and O–H groups in total. The Bertz CT molecular complexity index is 372. The summed E-state index contributed by atoms with van der Waals surface area (Å²) in [5.41, 5.74) is 6.62. The van der Waals surface area contributed by atoms with Gasteiger partial charge in [-0.2, -0.15) is 0 Å². The van der Waals surface area contributed by atoms with Gasteiger partial charge in [-0.25, -0.2) is 0 Å². The third-order valence-corrected chi connectivity index (χ3v) is 3.37. The zero-order valence-electron chi connectivity index (χ0n) is 10.7. The second-order valence-corrected chi connectivity index (χ2v) is 4.67. The van der Waals surface area contributed by atoms with Crippen LogP contribution in [-0.2, 0) is 11.2 Å². The third-order valence-electron chi connectivity index (χ3n) is 3.37. The highest BCUT2D eigenvalue weighted by Gasteiger charge is 2.20. The van der Waals surface area contributed by atoms with E-state index in [1.54, 1.807) is 0 Å². The number of hydrogen-bond acceptors (Lipinski definition) is 3. The summed E-state index contributed by atoms with van der Waals surface area (Å²) in [4.78, 5) is 16.4. The van der Waals surface area contributed by atoms with Gasteiger partial charge in [-0.3, -0.25) is 9.69 Å². The van der Waals surface area contributed by atoms with Gasteiger partial charge in [0.25, 0.3) is 0 Å². The van der Waals surface area contributed by atoms with Crippen LogP contribution >= 0.6 is 0 Å². The lowest BCUT2D eigenvalue weighted by atomic mass is 10.1. The number of amides is 1. The molecule has 4 nitrogen and oxygen atoms in total. The van der Waals surface area contributed by atoms with Gasteiger partial charge in [-0.1, -0.05) is 30.3 Å². The molecule has 0 aliphatic carbocycles. The van der Waals surface area contributed by atoms with E-state index in [1.807, 2.05) is 35.2 Å². The second-order valence-electron chi connectivity index (χ2n) is 4.67. The van der Waals surface area contributed by atoms with Crippen molar-refractivity contribution in [2.75, 3.05) is 39.3 Å². The maximum atomic E-state index is 12.1. The van der Waals surface area contributed by atoms with Gasteiger partial charge in [0.2, 0.25) is 5.91 Å². The molecule has 1 aliphatic heterocycles. The Morgan fingerprint density at radius 3 is 2.39 bits per heavy atom. The Hall–Kier alpha value is -1.39. The molecule has 1 saturated heterocycles. The Balaban J connectivity index is 1.81. The second kappa shape index (κ2) is 6.52. The van der Waals surface area contributed by atoms with Gasteiger partial charge in [0.1, 0.15) is 0 Å². The van der Waals surface area contributed by atoms with Gasteiger partial charge in [0.15, 0.2) is 0 Å². The van der Waals surface area contributed by atoms with Crippen LogP contribution in [0.3, 0.4) is 0 Å². The molecule has 0 bridgehead atoms. The fraction of sp³-hybridized carbons (Fsp3) is 0.500. The maximum Gasteiger partial charge on any atom is 0.227 e. The number of piperazine rings is 1. The number of hydrogen-bond donors (Lipinski definition) is 1. The Labute approximate surface area is 108 Å².